The molecular weight excluding hydrogens is 264 g/mol. The Balaban J connectivity index is 2.03. The Kier molecular flexibility index (Phi) is 3.85. The molecule has 0 atom stereocenters. The summed E-state index contributed by atoms with van der Waals surface area (Å²) < 4.78 is 0. The van der Waals surface area contributed by atoms with Gasteiger partial charge < -0.3 is 0 Å². The maximum absolute atomic E-state index is 2.27. The second-order valence-electron chi connectivity index (χ2n) is 6.21. The SMILES string of the molecule is Cc1ccc(C)c(-c2ccc(-c3cc(C)ccc3C)cc2)c1. The number of aryl methyl sites for hydroxylation is 4. The van der Waals surface area contributed by atoms with E-state index in [9.17, 15) is 0 Å². The number of hydrogen-bond acceptors (Lipinski definition) is 0. The minimum absolute atomic E-state index is 1.29. The maximum Gasteiger partial charge on any atom is -0.0152 e. The van der Waals surface area contributed by atoms with Crippen molar-refractivity contribution in [2.75, 3.05) is 0 Å². The molecule has 0 fully saturated rings. The Morgan fingerprint density at radius 1 is 0.455 bits per heavy atom. The number of rotatable bonds is 2. The van der Waals surface area contributed by atoms with Crippen molar-refractivity contribution < 1.29 is 0 Å². The quantitative estimate of drug-likeness (QED) is 0.522. The van der Waals surface area contributed by atoms with Crippen LogP contribution in [0.2, 0.25) is 0 Å². The Labute approximate surface area is 133 Å². The summed E-state index contributed by atoms with van der Waals surface area (Å²) in [6.07, 6.45) is 0. The summed E-state index contributed by atoms with van der Waals surface area (Å²) in [5, 5.41) is 0. The first kappa shape index (κ1) is 14.6. The first-order valence-corrected chi connectivity index (χ1v) is 7.80. The molecule has 3 rings (SSSR count). The molecule has 0 unspecified atom stereocenters. The predicted octanol–water partition coefficient (Wildman–Crippen LogP) is 6.25. The van der Waals surface area contributed by atoms with Crippen molar-refractivity contribution in [3.8, 4) is 22.3 Å². The molecule has 0 saturated carbocycles. The van der Waals surface area contributed by atoms with Crippen LogP contribution in [0.1, 0.15) is 22.3 Å². The Hall–Kier alpha value is -2.34. The third kappa shape index (κ3) is 2.82. The molecule has 3 aromatic carbocycles. The molecule has 110 valence electrons. The highest BCUT2D eigenvalue weighted by Gasteiger charge is 2.05. The average molecular weight is 286 g/mol. The molecule has 0 aliphatic rings. The molecular formula is C22H22. The van der Waals surface area contributed by atoms with E-state index < -0.39 is 0 Å². The fourth-order valence-electron chi connectivity index (χ4n) is 2.92. The molecule has 0 N–H and O–H groups in total. The Morgan fingerprint density at radius 3 is 1.18 bits per heavy atom. The summed E-state index contributed by atoms with van der Waals surface area (Å²) in [6, 6.07) is 22.2. The van der Waals surface area contributed by atoms with Crippen molar-refractivity contribution in [3.05, 3.63) is 82.9 Å². The largest absolute Gasteiger partial charge is 0.0590 e. The second-order valence-corrected chi connectivity index (χ2v) is 6.21. The van der Waals surface area contributed by atoms with Gasteiger partial charge in [0.05, 0.1) is 0 Å². The highest BCUT2D eigenvalue weighted by atomic mass is 14.1. The molecule has 0 spiro atoms. The Bertz CT molecular complexity index is 737. The van der Waals surface area contributed by atoms with Gasteiger partial charge in [-0.05, 0) is 61.1 Å². The monoisotopic (exact) mass is 286 g/mol. The van der Waals surface area contributed by atoms with Gasteiger partial charge in [0.2, 0.25) is 0 Å². The van der Waals surface area contributed by atoms with Crippen molar-refractivity contribution in [3.63, 3.8) is 0 Å². The molecule has 0 heterocycles. The summed E-state index contributed by atoms with van der Waals surface area (Å²) in [7, 11) is 0. The summed E-state index contributed by atoms with van der Waals surface area (Å²) in [5.74, 6) is 0. The van der Waals surface area contributed by atoms with Crippen LogP contribution in [0.5, 0.6) is 0 Å². The lowest BCUT2D eigenvalue weighted by Gasteiger charge is -2.11. The van der Waals surface area contributed by atoms with E-state index in [1.165, 1.54) is 44.5 Å². The Morgan fingerprint density at radius 2 is 0.818 bits per heavy atom. The topological polar surface area (TPSA) is 0 Å². The van der Waals surface area contributed by atoms with E-state index in [1.807, 2.05) is 0 Å². The van der Waals surface area contributed by atoms with Crippen LogP contribution in [0, 0.1) is 27.7 Å². The van der Waals surface area contributed by atoms with Crippen LogP contribution in [0.15, 0.2) is 60.7 Å². The summed E-state index contributed by atoms with van der Waals surface area (Å²) in [4.78, 5) is 0. The molecule has 22 heavy (non-hydrogen) atoms. The van der Waals surface area contributed by atoms with Crippen molar-refractivity contribution in [1.29, 1.82) is 0 Å². The van der Waals surface area contributed by atoms with Crippen molar-refractivity contribution in [2.24, 2.45) is 0 Å². The van der Waals surface area contributed by atoms with E-state index in [1.54, 1.807) is 0 Å². The van der Waals surface area contributed by atoms with Crippen LogP contribution in [-0.4, -0.2) is 0 Å². The standard InChI is InChI=1S/C22H22/c1-15-5-7-17(3)21(13-15)19-9-11-20(12-10-19)22-14-16(2)6-8-18(22)4/h5-14H,1-4H3. The van der Waals surface area contributed by atoms with Crippen molar-refractivity contribution in [1.82, 2.24) is 0 Å². The predicted molar refractivity (Wildman–Crippen MR) is 96.3 cm³/mol. The zero-order valence-corrected chi connectivity index (χ0v) is 13.8. The molecule has 0 amide bonds. The summed E-state index contributed by atoms with van der Waals surface area (Å²) in [6.45, 7) is 8.64. The third-order valence-electron chi connectivity index (χ3n) is 4.29. The van der Waals surface area contributed by atoms with Crippen LogP contribution in [0.25, 0.3) is 22.3 Å². The highest BCUT2D eigenvalue weighted by molar-refractivity contribution is 5.74. The van der Waals surface area contributed by atoms with E-state index in [0.717, 1.165) is 0 Å². The highest BCUT2D eigenvalue weighted by Crippen LogP contribution is 2.29. The zero-order chi connectivity index (χ0) is 15.7. The van der Waals surface area contributed by atoms with E-state index in [4.69, 9.17) is 0 Å². The number of hydrogen-bond donors (Lipinski definition) is 0. The average Bonchev–Trinajstić information content (AvgIpc) is 2.52. The van der Waals surface area contributed by atoms with Gasteiger partial charge in [-0.15, -0.1) is 0 Å². The fraction of sp³-hybridized carbons (Fsp3) is 0.182. The first-order valence-electron chi connectivity index (χ1n) is 7.80. The van der Waals surface area contributed by atoms with E-state index in [-0.39, 0.29) is 0 Å². The maximum atomic E-state index is 2.27. The van der Waals surface area contributed by atoms with Crippen molar-refractivity contribution >= 4 is 0 Å². The second kappa shape index (κ2) is 5.81. The zero-order valence-electron chi connectivity index (χ0n) is 13.8. The van der Waals surface area contributed by atoms with E-state index in [0.29, 0.717) is 0 Å². The summed E-state index contributed by atoms with van der Waals surface area (Å²) in [5.41, 5.74) is 10.5. The van der Waals surface area contributed by atoms with Crippen LogP contribution >= 0.6 is 0 Å². The van der Waals surface area contributed by atoms with Gasteiger partial charge in [-0.2, -0.15) is 0 Å². The molecule has 0 heteroatoms. The van der Waals surface area contributed by atoms with Gasteiger partial charge in [0.15, 0.2) is 0 Å². The molecule has 3 aromatic rings. The van der Waals surface area contributed by atoms with Crippen LogP contribution in [0.4, 0.5) is 0 Å². The molecule has 0 bridgehead atoms. The fourth-order valence-corrected chi connectivity index (χ4v) is 2.92. The smallest absolute Gasteiger partial charge is 0.0152 e. The lowest BCUT2D eigenvalue weighted by atomic mass is 9.94. The molecule has 0 aliphatic heterocycles. The minimum Gasteiger partial charge on any atom is -0.0590 e. The van der Waals surface area contributed by atoms with E-state index in [2.05, 4.69) is 88.4 Å². The van der Waals surface area contributed by atoms with Gasteiger partial charge in [0.25, 0.3) is 0 Å². The van der Waals surface area contributed by atoms with Crippen molar-refractivity contribution in [2.45, 2.75) is 27.7 Å². The van der Waals surface area contributed by atoms with Gasteiger partial charge in [-0.3, -0.25) is 0 Å². The van der Waals surface area contributed by atoms with Gasteiger partial charge in [0.1, 0.15) is 0 Å². The van der Waals surface area contributed by atoms with E-state index >= 15 is 0 Å². The first-order chi connectivity index (χ1) is 10.5. The molecule has 0 aromatic heterocycles. The van der Waals surface area contributed by atoms with Gasteiger partial charge in [-0.25, -0.2) is 0 Å². The lowest BCUT2D eigenvalue weighted by Crippen LogP contribution is -1.87. The third-order valence-corrected chi connectivity index (χ3v) is 4.29. The van der Waals surface area contributed by atoms with Gasteiger partial charge >= 0.3 is 0 Å². The van der Waals surface area contributed by atoms with Gasteiger partial charge in [0, 0.05) is 0 Å². The van der Waals surface area contributed by atoms with Gasteiger partial charge in [-0.1, -0.05) is 71.8 Å². The number of benzene rings is 3. The van der Waals surface area contributed by atoms with Crippen LogP contribution in [0.3, 0.4) is 0 Å². The van der Waals surface area contributed by atoms with Crippen LogP contribution < -0.4 is 0 Å². The van der Waals surface area contributed by atoms with Crippen LogP contribution in [-0.2, 0) is 0 Å². The molecule has 0 nitrogen and oxygen atoms in total. The normalized spacial score (nSPS) is 10.7. The molecule has 0 saturated heterocycles. The minimum atomic E-state index is 1.29. The molecule has 0 aliphatic carbocycles. The summed E-state index contributed by atoms with van der Waals surface area (Å²) >= 11 is 0. The molecule has 0 radical (unpaired) electrons. The lowest BCUT2D eigenvalue weighted by molar-refractivity contribution is 1.38.